The monoisotopic (exact) mass is 241 g/mol. The molecule has 0 aromatic rings. The molecule has 100 valence electrons. The lowest BCUT2D eigenvalue weighted by Crippen LogP contribution is -2.34. The Hall–Kier alpha value is -0.410. The van der Waals surface area contributed by atoms with Gasteiger partial charge < -0.3 is 9.64 Å². The minimum Gasteiger partial charge on any atom is -0.381 e. The third kappa shape index (κ3) is 7.50. The lowest BCUT2D eigenvalue weighted by molar-refractivity contribution is -0.121. The van der Waals surface area contributed by atoms with Crippen LogP contribution in [0.3, 0.4) is 0 Å². The Labute approximate surface area is 106 Å². The summed E-state index contributed by atoms with van der Waals surface area (Å²) in [6.45, 7) is 7.11. The number of carbonyl (C=O) groups excluding carboxylic acids is 1. The second-order valence-electron chi connectivity index (χ2n) is 4.91. The number of hydrogen-bond donors (Lipinski definition) is 0. The summed E-state index contributed by atoms with van der Waals surface area (Å²) < 4.78 is 5.44. The molecule has 0 spiro atoms. The summed E-state index contributed by atoms with van der Waals surface area (Å²) in [6, 6.07) is 0. The number of nitrogens with zero attached hydrogens (tertiary/aromatic N) is 1. The highest BCUT2D eigenvalue weighted by Crippen LogP contribution is 2.08. The van der Waals surface area contributed by atoms with Crippen molar-refractivity contribution in [3.63, 3.8) is 0 Å². The summed E-state index contributed by atoms with van der Waals surface area (Å²) in [5.74, 6) is 0.439. The fraction of sp³-hybridized carbons (Fsp3) is 0.929. The van der Waals surface area contributed by atoms with Crippen LogP contribution in [0.25, 0.3) is 0 Å². The molecule has 0 N–H and O–H groups in total. The Balaban J connectivity index is 1.82. The van der Waals surface area contributed by atoms with E-state index in [9.17, 15) is 4.79 Å². The van der Waals surface area contributed by atoms with E-state index < -0.39 is 0 Å². The molecule has 1 aliphatic heterocycles. The fourth-order valence-corrected chi connectivity index (χ4v) is 2.17. The van der Waals surface area contributed by atoms with Gasteiger partial charge in [0.25, 0.3) is 0 Å². The lowest BCUT2D eigenvalue weighted by atomic mass is 10.1. The first-order valence-corrected chi connectivity index (χ1v) is 7.14. The lowest BCUT2D eigenvalue weighted by Gasteiger charge is -2.25. The van der Waals surface area contributed by atoms with E-state index >= 15 is 0 Å². The van der Waals surface area contributed by atoms with Crippen LogP contribution in [-0.4, -0.2) is 43.5 Å². The highest BCUT2D eigenvalue weighted by Gasteiger charge is 2.14. The number of likely N-dealkylation sites (tertiary alicyclic amines) is 1. The molecule has 1 fully saturated rings. The molecule has 3 heteroatoms. The smallest absolute Gasteiger partial charge is 0.135 e. The van der Waals surface area contributed by atoms with Crippen LogP contribution in [0.1, 0.15) is 51.9 Å². The largest absolute Gasteiger partial charge is 0.381 e. The summed E-state index contributed by atoms with van der Waals surface area (Å²) in [4.78, 5) is 13.5. The molecule has 3 nitrogen and oxygen atoms in total. The van der Waals surface area contributed by atoms with Crippen LogP contribution >= 0.6 is 0 Å². The predicted molar refractivity (Wildman–Crippen MR) is 70.3 cm³/mol. The molecule has 0 unspecified atom stereocenters. The number of ketones is 1. The number of Topliss-reactive ketones (excluding diaryl/α,β-unsaturated/α-hetero) is 1. The molecule has 0 aliphatic carbocycles. The Morgan fingerprint density at radius 1 is 1.06 bits per heavy atom. The Morgan fingerprint density at radius 2 is 1.76 bits per heavy atom. The molecule has 17 heavy (non-hydrogen) atoms. The molecule has 1 heterocycles. The maximum atomic E-state index is 11.1. The van der Waals surface area contributed by atoms with Crippen molar-refractivity contribution in [3.05, 3.63) is 0 Å². The minimum absolute atomic E-state index is 0.439. The van der Waals surface area contributed by atoms with Crippen molar-refractivity contribution in [2.75, 3.05) is 32.8 Å². The van der Waals surface area contributed by atoms with Gasteiger partial charge in [-0.1, -0.05) is 19.8 Å². The van der Waals surface area contributed by atoms with Gasteiger partial charge in [-0.2, -0.15) is 0 Å². The normalized spacial score (nSPS) is 17.6. The van der Waals surface area contributed by atoms with E-state index in [4.69, 9.17) is 4.74 Å². The van der Waals surface area contributed by atoms with E-state index in [-0.39, 0.29) is 0 Å². The van der Waals surface area contributed by atoms with Crippen LogP contribution in [0.4, 0.5) is 0 Å². The first-order valence-electron chi connectivity index (χ1n) is 7.14. The highest BCUT2D eigenvalue weighted by molar-refractivity contribution is 5.79. The molecule has 0 radical (unpaired) electrons. The van der Waals surface area contributed by atoms with Crippen molar-refractivity contribution < 1.29 is 9.53 Å². The number of hydrogen-bond acceptors (Lipinski definition) is 3. The Kier molecular flexibility index (Phi) is 8.28. The van der Waals surface area contributed by atoms with E-state index in [1.54, 1.807) is 0 Å². The molecule has 0 saturated carbocycles. The zero-order valence-corrected chi connectivity index (χ0v) is 11.2. The molecule has 1 rings (SSSR count). The van der Waals surface area contributed by atoms with Gasteiger partial charge in [0.2, 0.25) is 0 Å². The predicted octanol–water partition coefficient (Wildman–Crippen LogP) is 2.64. The second kappa shape index (κ2) is 9.60. The van der Waals surface area contributed by atoms with Crippen molar-refractivity contribution in [1.82, 2.24) is 4.90 Å². The standard InChI is InChI=1S/C14H27NO2/c1-2-12-17-13-6-4-3-5-9-15-10-7-14(16)8-11-15/h2-13H2,1H3. The molecular weight excluding hydrogens is 214 g/mol. The van der Waals surface area contributed by atoms with Crippen LogP contribution < -0.4 is 0 Å². The van der Waals surface area contributed by atoms with Gasteiger partial charge in [0.15, 0.2) is 0 Å². The summed E-state index contributed by atoms with van der Waals surface area (Å²) in [5.41, 5.74) is 0. The summed E-state index contributed by atoms with van der Waals surface area (Å²) in [7, 11) is 0. The van der Waals surface area contributed by atoms with Gasteiger partial charge >= 0.3 is 0 Å². The number of ether oxygens (including phenoxy) is 1. The Bertz CT molecular complexity index is 196. The molecule has 0 bridgehead atoms. The molecule has 0 aromatic carbocycles. The highest BCUT2D eigenvalue weighted by atomic mass is 16.5. The quantitative estimate of drug-likeness (QED) is 0.581. The minimum atomic E-state index is 0.439. The van der Waals surface area contributed by atoms with E-state index in [0.717, 1.165) is 45.6 Å². The number of unbranched alkanes of at least 4 members (excludes halogenated alkanes) is 3. The van der Waals surface area contributed by atoms with Crippen LogP contribution in [0.2, 0.25) is 0 Å². The number of rotatable bonds is 9. The van der Waals surface area contributed by atoms with Crippen LogP contribution in [0.5, 0.6) is 0 Å². The summed E-state index contributed by atoms with van der Waals surface area (Å²) in [6.07, 6.45) is 7.68. The second-order valence-corrected chi connectivity index (χ2v) is 4.91. The van der Waals surface area contributed by atoms with Crippen LogP contribution in [-0.2, 0) is 9.53 Å². The number of piperidine rings is 1. The first-order chi connectivity index (χ1) is 8.33. The van der Waals surface area contributed by atoms with Crippen molar-refractivity contribution in [3.8, 4) is 0 Å². The third-order valence-corrected chi connectivity index (χ3v) is 3.28. The first kappa shape index (κ1) is 14.7. The van der Waals surface area contributed by atoms with Gasteiger partial charge in [-0.3, -0.25) is 4.79 Å². The van der Waals surface area contributed by atoms with Gasteiger partial charge in [-0.05, 0) is 25.8 Å². The molecule has 1 saturated heterocycles. The van der Waals surface area contributed by atoms with E-state index in [1.165, 1.54) is 32.2 Å². The van der Waals surface area contributed by atoms with Crippen molar-refractivity contribution >= 4 is 5.78 Å². The number of carbonyl (C=O) groups is 1. The van der Waals surface area contributed by atoms with E-state index in [2.05, 4.69) is 11.8 Å². The third-order valence-electron chi connectivity index (χ3n) is 3.28. The average Bonchev–Trinajstić information content (AvgIpc) is 2.35. The van der Waals surface area contributed by atoms with Gasteiger partial charge in [-0.15, -0.1) is 0 Å². The average molecular weight is 241 g/mol. The van der Waals surface area contributed by atoms with Gasteiger partial charge in [0.05, 0.1) is 0 Å². The van der Waals surface area contributed by atoms with Crippen LogP contribution in [0, 0.1) is 0 Å². The zero-order valence-electron chi connectivity index (χ0n) is 11.2. The molecule has 0 atom stereocenters. The van der Waals surface area contributed by atoms with Gasteiger partial charge in [0, 0.05) is 39.1 Å². The van der Waals surface area contributed by atoms with Crippen LogP contribution in [0.15, 0.2) is 0 Å². The molecule has 1 aliphatic rings. The SMILES string of the molecule is CCCOCCCCCCN1CCC(=O)CC1. The van der Waals surface area contributed by atoms with Gasteiger partial charge in [0.1, 0.15) is 5.78 Å². The topological polar surface area (TPSA) is 29.5 Å². The maximum Gasteiger partial charge on any atom is 0.135 e. The van der Waals surface area contributed by atoms with Crippen molar-refractivity contribution in [2.45, 2.75) is 51.9 Å². The maximum absolute atomic E-state index is 11.1. The van der Waals surface area contributed by atoms with Gasteiger partial charge in [-0.25, -0.2) is 0 Å². The van der Waals surface area contributed by atoms with Crippen molar-refractivity contribution in [1.29, 1.82) is 0 Å². The fourth-order valence-electron chi connectivity index (χ4n) is 2.17. The molecule has 0 aromatic heterocycles. The molecule has 0 amide bonds. The summed E-state index contributed by atoms with van der Waals surface area (Å²) >= 11 is 0. The molecular formula is C14H27NO2. The van der Waals surface area contributed by atoms with E-state index in [1.807, 2.05) is 0 Å². The Morgan fingerprint density at radius 3 is 2.47 bits per heavy atom. The van der Waals surface area contributed by atoms with Crippen molar-refractivity contribution in [2.24, 2.45) is 0 Å². The zero-order chi connectivity index (χ0) is 12.3. The summed E-state index contributed by atoms with van der Waals surface area (Å²) in [5, 5.41) is 0. The van der Waals surface area contributed by atoms with E-state index in [0.29, 0.717) is 5.78 Å².